The van der Waals surface area contributed by atoms with Gasteiger partial charge in [-0.15, -0.1) is 0 Å². The number of ether oxygens (including phenoxy) is 1. The van der Waals surface area contributed by atoms with Gasteiger partial charge in [0.05, 0.1) is 33.3 Å². The summed E-state index contributed by atoms with van der Waals surface area (Å²) in [5.74, 6) is -1.27. The SMILES string of the molecule is Cc1nn([C@H]2CCS(=O)(=O)C2)c(Cl)c1/C=C/C(=O)O[C@H](C)C(=O)Nc1ncc(Cl)cc1Cl. The molecular formula is C19H19Cl3N4O5S. The second kappa shape index (κ2) is 9.78. The Labute approximate surface area is 199 Å². The van der Waals surface area contributed by atoms with Gasteiger partial charge in [0.25, 0.3) is 5.91 Å². The van der Waals surface area contributed by atoms with Crippen molar-refractivity contribution in [3.8, 4) is 0 Å². The Morgan fingerprint density at radius 2 is 2.06 bits per heavy atom. The van der Waals surface area contributed by atoms with Gasteiger partial charge in [0.2, 0.25) is 0 Å². The molecule has 172 valence electrons. The molecule has 0 radical (unpaired) electrons. The monoisotopic (exact) mass is 520 g/mol. The normalized spacial score (nSPS) is 18.6. The van der Waals surface area contributed by atoms with Crippen LogP contribution in [0.2, 0.25) is 15.2 Å². The van der Waals surface area contributed by atoms with Crippen LogP contribution < -0.4 is 5.32 Å². The van der Waals surface area contributed by atoms with Crippen molar-refractivity contribution in [2.75, 3.05) is 16.8 Å². The highest BCUT2D eigenvalue weighted by molar-refractivity contribution is 7.91. The van der Waals surface area contributed by atoms with E-state index in [1.807, 2.05) is 0 Å². The van der Waals surface area contributed by atoms with Crippen LogP contribution in [0, 0.1) is 6.92 Å². The Bertz CT molecular complexity index is 1200. The van der Waals surface area contributed by atoms with Crippen molar-refractivity contribution in [1.29, 1.82) is 0 Å². The van der Waals surface area contributed by atoms with Crippen LogP contribution in [-0.2, 0) is 24.2 Å². The summed E-state index contributed by atoms with van der Waals surface area (Å²) in [7, 11) is -3.11. The first-order chi connectivity index (χ1) is 15.0. The highest BCUT2D eigenvalue weighted by Gasteiger charge is 2.31. The van der Waals surface area contributed by atoms with Crippen molar-refractivity contribution in [3.05, 3.63) is 44.8 Å². The number of hydrogen-bond donors (Lipinski definition) is 1. The van der Waals surface area contributed by atoms with Crippen molar-refractivity contribution in [1.82, 2.24) is 14.8 Å². The standard InChI is InChI=1S/C19H19Cl3N4O5S/c1-10-14(17(22)26(25-10)13-5-6-32(29,30)9-13)3-4-16(27)31-11(2)19(28)24-18-15(21)7-12(20)8-23-18/h3-4,7-8,11,13H,5-6,9H2,1-2H3,(H,23,24,28)/b4-3+/t11-,13+/m1/s1. The second-order valence-electron chi connectivity index (χ2n) is 7.18. The molecule has 0 spiro atoms. The molecule has 1 fully saturated rings. The predicted octanol–water partition coefficient (Wildman–Crippen LogP) is 3.49. The third-order valence-electron chi connectivity index (χ3n) is 4.72. The molecule has 0 bridgehead atoms. The number of sulfone groups is 1. The van der Waals surface area contributed by atoms with Gasteiger partial charge in [0.15, 0.2) is 21.8 Å². The van der Waals surface area contributed by atoms with Crippen molar-refractivity contribution in [3.63, 3.8) is 0 Å². The van der Waals surface area contributed by atoms with Gasteiger partial charge in [-0.05, 0) is 32.4 Å². The van der Waals surface area contributed by atoms with Gasteiger partial charge in [-0.1, -0.05) is 34.8 Å². The molecule has 0 aromatic carbocycles. The summed E-state index contributed by atoms with van der Waals surface area (Å²) >= 11 is 18.1. The van der Waals surface area contributed by atoms with Gasteiger partial charge in [-0.25, -0.2) is 22.9 Å². The van der Waals surface area contributed by atoms with E-state index in [2.05, 4.69) is 15.4 Å². The van der Waals surface area contributed by atoms with Gasteiger partial charge in [0, 0.05) is 17.8 Å². The third kappa shape index (κ3) is 5.80. The van der Waals surface area contributed by atoms with Gasteiger partial charge in [-0.3, -0.25) is 4.79 Å². The van der Waals surface area contributed by atoms with Crippen LogP contribution in [-0.4, -0.2) is 52.7 Å². The minimum atomic E-state index is -3.11. The molecule has 1 aliphatic rings. The van der Waals surface area contributed by atoms with E-state index in [9.17, 15) is 18.0 Å². The lowest BCUT2D eigenvalue weighted by Crippen LogP contribution is -2.29. The first-order valence-corrected chi connectivity index (χ1v) is 12.4. The van der Waals surface area contributed by atoms with Crippen LogP contribution in [0.1, 0.15) is 30.6 Å². The first kappa shape index (κ1) is 24.5. The fourth-order valence-electron chi connectivity index (χ4n) is 3.07. The molecule has 0 saturated carbocycles. The predicted molar refractivity (Wildman–Crippen MR) is 122 cm³/mol. The molecule has 0 unspecified atom stereocenters. The molecule has 3 heterocycles. The van der Waals surface area contributed by atoms with Crippen LogP contribution in [0.25, 0.3) is 6.08 Å². The maximum atomic E-state index is 12.2. The van der Waals surface area contributed by atoms with Gasteiger partial charge in [-0.2, -0.15) is 5.10 Å². The molecule has 1 amide bonds. The van der Waals surface area contributed by atoms with Crippen LogP contribution >= 0.6 is 34.8 Å². The molecule has 1 saturated heterocycles. The van der Waals surface area contributed by atoms with Crippen LogP contribution in [0.5, 0.6) is 0 Å². The van der Waals surface area contributed by atoms with Crippen molar-refractivity contribution in [2.45, 2.75) is 32.4 Å². The Morgan fingerprint density at radius 1 is 1.34 bits per heavy atom. The number of pyridine rings is 1. The molecule has 2 aromatic rings. The number of halogens is 3. The average Bonchev–Trinajstić information content (AvgIpc) is 3.20. The first-order valence-electron chi connectivity index (χ1n) is 9.42. The summed E-state index contributed by atoms with van der Waals surface area (Å²) in [5, 5.41) is 7.44. The van der Waals surface area contributed by atoms with Crippen molar-refractivity contribution < 1.29 is 22.7 Å². The van der Waals surface area contributed by atoms with Gasteiger partial charge in [0.1, 0.15) is 5.15 Å². The molecule has 0 aliphatic carbocycles. The maximum absolute atomic E-state index is 12.2. The number of nitrogens with zero attached hydrogens (tertiary/aromatic N) is 3. The number of amides is 1. The number of aryl methyl sites for hydroxylation is 1. The number of hydrogen-bond acceptors (Lipinski definition) is 7. The number of rotatable bonds is 6. The largest absolute Gasteiger partial charge is 0.449 e. The lowest BCUT2D eigenvalue weighted by molar-refractivity contribution is -0.148. The summed E-state index contributed by atoms with van der Waals surface area (Å²) < 4.78 is 30.0. The minimum Gasteiger partial charge on any atom is -0.449 e. The van der Waals surface area contributed by atoms with Crippen molar-refractivity contribution >= 4 is 68.4 Å². The van der Waals surface area contributed by atoms with Gasteiger partial charge >= 0.3 is 5.97 Å². The molecule has 2 aromatic heterocycles. The summed E-state index contributed by atoms with van der Waals surface area (Å²) in [5.41, 5.74) is 0.986. The second-order valence-corrected chi connectivity index (χ2v) is 10.6. The average molecular weight is 522 g/mol. The van der Waals surface area contributed by atoms with Crippen molar-refractivity contribution in [2.24, 2.45) is 0 Å². The molecule has 9 nitrogen and oxygen atoms in total. The summed E-state index contributed by atoms with van der Waals surface area (Å²) in [6.07, 6.45) is 3.13. The Morgan fingerprint density at radius 3 is 2.69 bits per heavy atom. The lowest BCUT2D eigenvalue weighted by Gasteiger charge is -2.12. The molecule has 1 aliphatic heterocycles. The molecule has 13 heteroatoms. The number of nitrogens with one attached hydrogen (secondary N) is 1. The van der Waals surface area contributed by atoms with E-state index in [0.717, 1.165) is 6.08 Å². The highest BCUT2D eigenvalue weighted by Crippen LogP contribution is 2.30. The van der Waals surface area contributed by atoms with Crippen LogP contribution in [0.4, 0.5) is 5.82 Å². The fourth-order valence-corrected chi connectivity index (χ4v) is 5.57. The number of aromatic nitrogens is 3. The summed E-state index contributed by atoms with van der Waals surface area (Å²) in [4.78, 5) is 28.3. The zero-order valence-corrected chi connectivity index (χ0v) is 20.1. The lowest BCUT2D eigenvalue weighted by atomic mass is 10.2. The summed E-state index contributed by atoms with van der Waals surface area (Å²) in [6.45, 7) is 3.08. The number of carbonyl (C=O) groups is 2. The van der Waals surface area contributed by atoms with E-state index in [0.29, 0.717) is 22.7 Å². The van der Waals surface area contributed by atoms with E-state index in [1.54, 1.807) is 6.92 Å². The Balaban J connectivity index is 1.63. The molecule has 2 atom stereocenters. The number of esters is 1. The maximum Gasteiger partial charge on any atom is 0.331 e. The molecular weight excluding hydrogens is 503 g/mol. The Kier molecular flexibility index (Phi) is 7.49. The fraction of sp³-hybridized carbons (Fsp3) is 0.368. The zero-order valence-electron chi connectivity index (χ0n) is 17.0. The molecule has 32 heavy (non-hydrogen) atoms. The van der Waals surface area contributed by atoms with E-state index in [-0.39, 0.29) is 33.5 Å². The van der Waals surface area contributed by atoms with E-state index >= 15 is 0 Å². The smallest absolute Gasteiger partial charge is 0.331 e. The number of anilines is 1. The third-order valence-corrected chi connectivity index (χ3v) is 7.34. The van der Waals surface area contributed by atoms with E-state index in [4.69, 9.17) is 39.5 Å². The Hall–Kier alpha value is -2.14. The molecule has 3 rings (SSSR count). The highest BCUT2D eigenvalue weighted by atomic mass is 35.5. The quantitative estimate of drug-likeness (QED) is 0.456. The zero-order chi connectivity index (χ0) is 23.6. The van der Waals surface area contributed by atoms with Gasteiger partial charge < -0.3 is 10.1 Å². The minimum absolute atomic E-state index is 0.0296. The molecule has 1 N–H and O–H groups in total. The number of carbonyl (C=O) groups excluding carboxylic acids is 2. The van der Waals surface area contributed by atoms with Crippen LogP contribution in [0.15, 0.2) is 18.3 Å². The topological polar surface area (TPSA) is 120 Å². The van der Waals surface area contributed by atoms with E-state index < -0.39 is 27.8 Å². The summed E-state index contributed by atoms with van der Waals surface area (Å²) in [6, 6.07) is 1.07. The van der Waals surface area contributed by atoms with E-state index in [1.165, 1.54) is 29.9 Å². The van der Waals surface area contributed by atoms with Crippen LogP contribution in [0.3, 0.4) is 0 Å².